The zero-order chi connectivity index (χ0) is 17.2. The minimum absolute atomic E-state index is 0.310. The van der Waals surface area contributed by atoms with Crippen LogP contribution < -0.4 is 0 Å². The summed E-state index contributed by atoms with van der Waals surface area (Å²) in [6.45, 7) is 0.688. The molecule has 1 aromatic carbocycles. The van der Waals surface area contributed by atoms with Crippen molar-refractivity contribution in [3.63, 3.8) is 0 Å². The van der Waals surface area contributed by atoms with Crippen molar-refractivity contribution in [1.82, 2.24) is 4.57 Å². The van der Waals surface area contributed by atoms with Gasteiger partial charge in [0, 0.05) is 31.6 Å². The molecule has 0 N–H and O–H groups in total. The van der Waals surface area contributed by atoms with Crippen molar-refractivity contribution in [1.29, 1.82) is 0 Å². The molecular formula is C18H21NO4S. The van der Waals surface area contributed by atoms with Gasteiger partial charge in [0.15, 0.2) is 0 Å². The molecular weight excluding hydrogens is 326 g/mol. The smallest absolute Gasteiger partial charge is 0.339 e. The topological polar surface area (TPSA) is 65.4 Å². The first-order chi connectivity index (χ1) is 11.4. The molecule has 6 heteroatoms. The van der Waals surface area contributed by atoms with E-state index in [4.69, 9.17) is 4.74 Å². The van der Waals surface area contributed by atoms with Crippen LogP contribution in [-0.4, -0.2) is 36.6 Å². The van der Waals surface area contributed by atoms with Crippen LogP contribution in [0.15, 0.2) is 48.8 Å². The number of carbonyl (C=O) groups is 1. The molecule has 24 heavy (non-hydrogen) atoms. The number of hydrogen-bond acceptors (Lipinski definition) is 4. The Morgan fingerprint density at radius 2 is 1.96 bits per heavy atom. The van der Waals surface area contributed by atoms with Crippen LogP contribution in [0.1, 0.15) is 35.2 Å². The fourth-order valence-corrected chi connectivity index (χ4v) is 4.20. The van der Waals surface area contributed by atoms with Crippen LogP contribution in [0.5, 0.6) is 0 Å². The minimum atomic E-state index is -3.06. The third kappa shape index (κ3) is 4.06. The zero-order valence-electron chi connectivity index (χ0n) is 13.6. The van der Waals surface area contributed by atoms with Gasteiger partial charge in [0.1, 0.15) is 15.9 Å². The molecule has 1 heterocycles. The summed E-state index contributed by atoms with van der Waals surface area (Å²) in [5, 5.41) is -0.391. The second kappa shape index (κ2) is 6.81. The standard InChI is InChI=1S/C18H21NO4S/c1-24(21,22)17-8-7-16(11-17)23-18(20)15-9-10-19(13-15)12-14-5-3-2-4-6-14/h2-6,9-10,13,16-17H,7-8,11-12H2,1H3/t16-,17+/m0/s1. The molecule has 0 aliphatic heterocycles. The maximum absolute atomic E-state index is 12.2. The first-order valence-corrected chi connectivity index (χ1v) is 9.97. The van der Waals surface area contributed by atoms with Crippen molar-refractivity contribution in [2.45, 2.75) is 37.2 Å². The third-order valence-electron chi connectivity index (χ3n) is 4.41. The molecule has 128 valence electrons. The van der Waals surface area contributed by atoms with E-state index in [0.29, 0.717) is 31.4 Å². The molecule has 5 nitrogen and oxygen atoms in total. The highest BCUT2D eigenvalue weighted by Gasteiger charge is 2.33. The lowest BCUT2D eigenvalue weighted by Gasteiger charge is -2.11. The highest BCUT2D eigenvalue weighted by atomic mass is 32.2. The third-order valence-corrected chi connectivity index (χ3v) is 6.05. The second-order valence-electron chi connectivity index (χ2n) is 6.35. The Kier molecular flexibility index (Phi) is 4.76. The monoisotopic (exact) mass is 347 g/mol. The Labute approximate surface area is 142 Å². The van der Waals surface area contributed by atoms with Gasteiger partial charge in [-0.05, 0) is 24.5 Å². The number of sulfone groups is 1. The Morgan fingerprint density at radius 1 is 1.21 bits per heavy atom. The molecule has 0 spiro atoms. The van der Waals surface area contributed by atoms with Gasteiger partial charge in [0.25, 0.3) is 0 Å². The predicted octanol–water partition coefficient (Wildman–Crippen LogP) is 2.66. The van der Waals surface area contributed by atoms with Crippen molar-refractivity contribution >= 4 is 15.8 Å². The second-order valence-corrected chi connectivity index (χ2v) is 8.68. The van der Waals surface area contributed by atoms with Crippen molar-refractivity contribution in [3.8, 4) is 0 Å². The molecule has 2 atom stereocenters. The predicted molar refractivity (Wildman–Crippen MR) is 91.7 cm³/mol. The van der Waals surface area contributed by atoms with E-state index in [1.165, 1.54) is 6.26 Å². The summed E-state index contributed by atoms with van der Waals surface area (Å²) in [7, 11) is -3.06. The number of benzene rings is 1. The average Bonchev–Trinajstić information content (AvgIpc) is 3.17. The first-order valence-electron chi connectivity index (χ1n) is 8.01. The van der Waals surface area contributed by atoms with E-state index in [0.717, 1.165) is 5.56 Å². The first kappa shape index (κ1) is 16.8. The van der Waals surface area contributed by atoms with Gasteiger partial charge in [0.05, 0.1) is 10.8 Å². The lowest BCUT2D eigenvalue weighted by atomic mass is 10.2. The Bertz CT molecular complexity index is 811. The molecule has 1 aliphatic rings. The van der Waals surface area contributed by atoms with E-state index >= 15 is 0 Å². The molecule has 1 aromatic heterocycles. The van der Waals surface area contributed by atoms with Gasteiger partial charge in [-0.2, -0.15) is 0 Å². The van der Waals surface area contributed by atoms with E-state index in [1.807, 2.05) is 41.1 Å². The zero-order valence-corrected chi connectivity index (χ0v) is 14.4. The Hall–Kier alpha value is -2.08. The summed E-state index contributed by atoms with van der Waals surface area (Å²) in [5.74, 6) is -0.388. The number of hydrogen-bond donors (Lipinski definition) is 0. The van der Waals surface area contributed by atoms with Gasteiger partial charge in [-0.1, -0.05) is 30.3 Å². The number of nitrogens with zero attached hydrogens (tertiary/aromatic N) is 1. The minimum Gasteiger partial charge on any atom is -0.459 e. The number of ether oxygens (including phenoxy) is 1. The van der Waals surface area contributed by atoms with Gasteiger partial charge in [-0.25, -0.2) is 13.2 Å². The summed E-state index contributed by atoms with van der Waals surface area (Å²) >= 11 is 0. The quantitative estimate of drug-likeness (QED) is 0.780. The molecule has 0 saturated heterocycles. The molecule has 0 bridgehead atoms. The maximum Gasteiger partial charge on any atom is 0.339 e. The number of aromatic nitrogens is 1. The summed E-state index contributed by atoms with van der Waals surface area (Å²) in [4.78, 5) is 12.2. The molecule has 3 rings (SSSR count). The molecule has 1 aliphatic carbocycles. The average molecular weight is 347 g/mol. The molecule has 0 amide bonds. The SMILES string of the molecule is CS(=O)(=O)[C@@H]1CC[C@H](OC(=O)c2ccn(Cc3ccccc3)c2)C1. The van der Waals surface area contributed by atoms with E-state index in [2.05, 4.69) is 0 Å². The summed E-state index contributed by atoms with van der Waals surface area (Å²) in [5.41, 5.74) is 1.65. The largest absolute Gasteiger partial charge is 0.459 e. The van der Waals surface area contributed by atoms with Crippen LogP contribution >= 0.6 is 0 Å². The van der Waals surface area contributed by atoms with Gasteiger partial charge in [-0.3, -0.25) is 0 Å². The van der Waals surface area contributed by atoms with E-state index < -0.39 is 15.1 Å². The normalized spacial score (nSPS) is 20.9. The van der Waals surface area contributed by atoms with Crippen molar-refractivity contribution in [2.24, 2.45) is 0 Å². The summed E-state index contributed by atoms with van der Waals surface area (Å²) in [6.07, 6.45) is 6.10. The summed E-state index contributed by atoms with van der Waals surface area (Å²) < 4.78 is 30.5. The van der Waals surface area contributed by atoms with Crippen molar-refractivity contribution in [2.75, 3.05) is 6.26 Å². The fourth-order valence-electron chi connectivity index (χ4n) is 3.07. The maximum atomic E-state index is 12.2. The van der Waals surface area contributed by atoms with Gasteiger partial charge >= 0.3 is 5.97 Å². The van der Waals surface area contributed by atoms with Crippen LogP contribution in [0, 0.1) is 0 Å². The Balaban J connectivity index is 1.58. The van der Waals surface area contributed by atoms with Crippen LogP contribution in [0.2, 0.25) is 0 Å². The van der Waals surface area contributed by atoms with Crippen LogP contribution in [0.3, 0.4) is 0 Å². The van der Waals surface area contributed by atoms with E-state index in [9.17, 15) is 13.2 Å². The lowest BCUT2D eigenvalue weighted by Crippen LogP contribution is -2.20. The highest BCUT2D eigenvalue weighted by molar-refractivity contribution is 7.91. The van der Waals surface area contributed by atoms with Crippen LogP contribution in [-0.2, 0) is 21.1 Å². The molecule has 2 aromatic rings. The van der Waals surface area contributed by atoms with E-state index in [1.54, 1.807) is 12.3 Å². The molecule has 0 unspecified atom stereocenters. The lowest BCUT2D eigenvalue weighted by molar-refractivity contribution is 0.0318. The van der Waals surface area contributed by atoms with Crippen molar-refractivity contribution in [3.05, 3.63) is 59.9 Å². The highest BCUT2D eigenvalue weighted by Crippen LogP contribution is 2.27. The number of esters is 1. The fraction of sp³-hybridized carbons (Fsp3) is 0.389. The van der Waals surface area contributed by atoms with Gasteiger partial charge in [0.2, 0.25) is 0 Å². The molecule has 1 saturated carbocycles. The van der Waals surface area contributed by atoms with Crippen LogP contribution in [0.4, 0.5) is 0 Å². The summed E-state index contributed by atoms with van der Waals surface area (Å²) in [6, 6.07) is 11.7. The number of carbonyl (C=O) groups excluding carboxylic acids is 1. The van der Waals surface area contributed by atoms with E-state index in [-0.39, 0.29) is 12.1 Å². The molecule has 0 radical (unpaired) electrons. The van der Waals surface area contributed by atoms with Crippen LogP contribution in [0.25, 0.3) is 0 Å². The Morgan fingerprint density at radius 3 is 2.62 bits per heavy atom. The van der Waals surface area contributed by atoms with Gasteiger partial charge < -0.3 is 9.30 Å². The number of rotatable bonds is 5. The van der Waals surface area contributed by atoms with Crippen molar-refractivity contribution < 1.29 is 17.9 Å². The van der Waals surface area contributed by atoms with Gasteiger partial charge in [-0.15, -0.1) is 0 Å². The molecule has 1 fully saturated rings.